The lowest BCUT2D eigenvalue weighted by Gasteiger charge is -2.44. The number of methoxy groups -OCH3 is 1. The number of hydrogen-bond donors (Lipinski definition) is 2. The van der Waals surface area contributed by atoms with E-state index in [-0.39, 0.29) is 18.8 Å². The van der Waals surface area contributed by atoms with Crippen LogP contribution in [0.1, 0.15) is 66.4 Å². The van der Waals surface area contributed by atoms with Crippen molar-refractivity contribution in [2.75, 3.05) is 13.9 Å². The summed E-state index contributed by atoms with van der Waals surface area (Å²) in [5.41, 5.74) is 5.77. The van der Waals surface area contributed by atoms with Gasteiger partial charge in [-0.1, -0.05) is 36.4 Å². The summed E-state index contributed by atoms with van der Waals surface area (Å²) in [5, 5.41) is 0.841. The van der Waals surface area contributed by atoms with E-state index < -0.39 is 120 Å². The van der Waals surface area contributed by atoms with Crippen LogP contribution in [0.4, 0.5) is 0 Å². The van der Waals surface area contributed by atoms with E-state index in [2.05, 4.69) is 5.32 Å². The number of benzene rings is 2. The summed E-state index contributed by atoms with van der Waals surface area (Å²) in [7, 11) is -2.94. The molecule has 3 amide bonds. The Morgan fingerprint density at radius 1 is 0.907 bits per heavy atom. The quantitative estimate of drug-likeness (QED) is 0.147. The number of fused-ring (bicyclic) bond motifs is 2. The highest BCUT2D eigenvalue weighted by Crippen LogP contribution is 2.51. The number of carbonyl (C=O) groups excluding carboxylic acids is 7. The monoisotopic (exact) mass is 808 g/mol. The fourth-order valence-corrected chi connectivity index (χ4v) is 10.7. The van der Waals surface area contributed by atoms with Crippen LogP contribution in [0.3, 0.4) is 0 Å². The van der Waals surface area contributed by atoms with Gasteiger partial charge in [0.05, 0.1) is 18.3 Å². The number of halogens is 1. The van der Waals surface area contributed by atoms with Gasteiger partial charge in [0.1, 0.15) is 40.0 Å². The molecule has 4 saturated heterocycles. The molecule has 20 heteroatoms. The van der Waals surface area contributed by atoms with Crippen LogP contribution < -0.4 is 15.8 Å². The lowest BCUT2D eigenvalue weighted by Crippen LogP contribution is -2.71. The van der Waals surface area contributed by atoms with Crippen LogP contribution in [0.5, 0.6) is 5.75 Å². The van der Waals surface area contributed by atoms with Crippen LogP contribution in [0.25, 0.3) is 0 Å². The van der Waals surface area contributed by atoms with Gasteiger partial charge in [0.25, 0.3) is 0 Å². The maximum Gasteiger partial charge on any atom is 0.344 e. The van der Waals surface area contributed by atoms with Gasteiger partial charge in [-0.05, 0) is 45.4 Å². The van der Waals surface area contributed by atoms with Crippen LogP contribution >= 0.6 is 24.2 Å². The van der Waals surface area contributed by atoms with E-state index in [1.807, 2.05) is 0 Å². The average Bonchev–Trinajstić information content (AvgIpc) is 3.44. The maximum absolute atomic E-state index is 13.6. The molecule has 6 rings (SSSR count). The Morgan fingerprint density at radius 3 is 2.15 bits per heavy atom. The SMILES string of the molecule is COC(=O)c1cccc(C(=O)OCOC(=O)[C@@H]2N3C(=O)[C@@H](NC(=O)C(N)c4ccccc4)[C@H]3SC2(C)C)c1OC(=O)[C@@H]1N2C(=O)C[C@H]2S(=O)(=O)C1(C)C.Cl. The number of nitrogens with zero attached hydrogens (tertiary/aromatic N) is 2. The number of nitrogens with two attached hydrogens (primary N) is 1. The van der Waals surface area contributed by atoms with Crippen molar-refractivity contribution in [1.82, 2.24) is 15.1 Å². The van der Waals surface area contributed by atoms with Crippen molar-refractivity contribution in [2.45, 2.75) is 78.5 Å². The molecule has 4 fully saturated rings. The van der Waals surface area contributed by atoms with E-state index in [1.54, 1.807) is 44.2 Å². The molecule has 1 unspecified atom stereocenters. The zero-order chi connectivity index (χ0) is 38.8. The lowest BCUT2D eigenvalue weighted by atomic mass is 9.95. The number of nitrogens with one attached hydrogen (secondary N) is 1. The molecule has 0 saturated carbocycles. The zero-order valence-corrected chi connectivity index (χ0v) is 32.0. The predicted octanol–water partition coefficient (Wildman–Crippen LogP) is 0.839. The topological polar surface area (TPSA) is 235 Å². The Labute approximate surface area is 319 Å². The molecule has 0 bridgehead atoms. The number of sulfone groups is 1. The highest BCUT2D eigenvalue weighted by atomic mass is 35.5. The fourth-order valence-electron chi connectivity index (χ4n) is 6.92. The predicted molar refractivity (Wildman–Crippen MR) is 190 cm³/mol. The number of hydrogen-bond acceptors (Lipinski definition) is 15. The summed E-state index contributed by atoms with van der Waals surface area (Å²) in [4.78, 5) is 93.5. The summed E-state index contributed by atoms with van der Waals surface area (Å²) in [6.45, 7) is 5.01. The number of β-lactam (4-membered cyclic amide) rings is 2. The molecule has 54 heavy (non-hydrogen) atoms. The first-order chi connectivity index (χ1) is 24.8. The van der Waals surface area contributed by atoms with E-state index >= 15 is 0 Å². The standard InChI is InChI=1S/C34H36N4O13S2.ClH/c1-33(2)24(38-27(41)22(28(38)52-33)36-26(40)21(35)16-10-7-6-8-11-16)31(44)50-15-49-30(43)18-13-9-12-17(29(42)48-5)23(18)51-32(45)25-34(3,4)53(46,47)20-14-19(39)37(20)25;/h6-13,20-22,24-25,28H,14-15,35H2,1-5H3,(H,36,40);1H/t20-,21?,22-,24+,25+,28-;/m1./s1. The third-order valence-electron chi connectivity index (χ3n) is 9.84. The molecule has 4 aliphatic heterocycles. The molecule has 0 aromatic heterocycles. The molecule has 17 nitrogen and oxygen atoms in total. The van der Waals surface area contributed by atoms with Gasteiger partial charge in [-0.3, -0.25) is 14.4 Å². The van der Waals surface area contributed by atoms with E-state index in [4.69, 9.17) is 24.7 Å². The maximum atomic E-state index is 13.6. The van der Waals surface area contributed by atoms with Crippen molar-refractivity contribution < 1.29 is 60.9 Å². The van der Waals surface area contributed by atoms with Crippen molar-refractivity contribution in [3.8, 4) is 5.75 Å². The summed E-state index contributed by atoms with van der Waals surface area (Å²) in [6, 6.07) is 7.51. The van der Waals surface area contributed by atoms with Gasteiger partial charge in [0, 0.05) is 4.75 Å². The van der Waals surface area contributed by atoms with Crippen LogP contribution in [-0.2, 0) is 48.0 Å². The van der Waals surface area contributed by atoms with Gasteiger partial charge in [0.2, 0.25) is 24.5 Å². The molecule has 4 heterocycles. The Morgan fingerprint density at radius 2 is 1.54 bits per heavy atom. The zero-order valence-electron chi connectivity index (χ0n) is 29.5. The van der Waals surface area contributed by atoms with Gasteiger partial charge in [-0.15, -0.1) is 24.2 Å². The van der Waals surface area contributed by atoms with E-state index in [0.29, 0.717) is 5.56 Å². The number of carbonyl (C=O) groups is 7. The molecule has 290 valence electrons. The van der Waals surface area contributed by atoms with Crippen molar-refractivity contribution in [3.05, 3.63) is 65.2 Å². The highest BCUT2D eigenvalue weighted by molar-refractivity contribution is 8.01. The minimum absolute atomic E-state index is 0. The summed E-state index contributed by atoms with van der Waals surface area (Å²) >= 11 is 1.27. The molecule has 2 aromatic rings. The second-order valence-electron chi connectivity index (χ2n) is 13.8. The van der Waals surface area contributed by atoms with Crippen molar-refractivity contribution in [3.63, 3.8) is 0 Å². The number of esters is 4. The van der Waals surface area contributed by atoms with E-state index in [9.17, 15) is 42.0 Å². The van der Waals surface area contributed by atoms with Crippen LogP contribution in [0.2, 0.25) is 0 Å². The Bertz CT molecular complexity index is 2040. The number of amides is 3. The van der Waals surface area contributed by atoms with Gasteiger partial charge in [-0.2, -0.15) is 0 Å². The largest absolute Gasteiger partial charge is 0.465 e. The third-order valence-corrected chi connectivity index (χ3v) is 14.2. The summed E-state index contributed by atoms with van der Waals surface area (Å²) in [5.74, 6) is -6.68. The first-order valence-corrected chi connectivity index (χ1v) is 18.7. The van der Waals surface area contributed by atoms with Gasteiger partial charge in [-0.25, -0.2) is 27.6 Å². The molecule has 4 aliphatic rings. The molecule has 0 aliphatic carbocycles. The molecule has 0 spiro atoms. The molecule has 0 radical (unpaired) electrons. The third kappa shape index (κ3) is 6.45. The smallest absolute Gasteiger partial charge is 0.344 e. The van der Waals surface area contributed by atoms with Gasteiger partial charge in [0.15, 0.2) is 21.6 Å². The average molecular weight is 809 g/mol. The molecular weight excluding hydrogens is 772 g/mol. The van der Waals surface area contributed by atoms with E-state index in [0.717, 1.165) is 18.1 Å². The Kier molecular flexibility index (Phi) is 10.9. The minimum Gasteiger partial charge on any atom is -0.465 e. The molecule has 2 aromatic carbocycles. The van der Waals surface area contributed by atoms with Crippen molar-refractivity contribution in [1.29, 1.82) is 0 Å². The number of para-hydroxylation sites is 1. The first-order valence-electron chi connectivity index (χ1n) is 16.3. The van der Waals surface area contributed by atoms with Gasteiger partial charge < -0.3 is 39.8 Å². The summed E-state index contributed by atoms with van der Waals surface area (Å²) in [6.07, 6.45) is -0.297. The molecule has 3 N–H and O–H groups in total. The van der Waals surface area contributed by atoms with Crippen molar-refractivity contribution in [2.24, 2.45) is 5.73 Å². The normalized spacial score (nSPS) is 25.7. The second-order valence-corrected chi connectivity index (χ2v) is 18.2. The van der Waals surface area contributed by atoms with Crippen LogP contribution in [-0.4, -0.2) is 112 Å². The van der Waals surface area contributed by atoms with Crippen LogP contribution in [0.15, 0.2) is 48.5 Å². The fraction of sp³-hybridized carbons (Fsp3) is 0.441. The highest BCUT2D eigenvalue weighted by Gasteiger charge is 2.68. The lowest BCUT2D eigenvalue weighted by molar-refractivity contribution is -0.169. The van der Waals surface area contributed by atoms with Crippen LogP contribution in [0, 0.1) is 0 Å². The molecule has 6 atom stereocenters. The minimum atomic E-state index is -3.98. The number of rotatable bonds is 10. The number of ether oxygens (including phenoxy) is 4. The Hall–Kier alpha value is -4.72. The van der Waals surface area contributed by atoms with Gasteiger partial charge >= 0.3 is 23.9 Å². The molecular formula is C34H37ClN4O13S2. The summed E-state index contributed by atoms with van der Waals surface area (Å²) < 4.78 is 44.1. The van der Waals surface area contributed by atoms with E-state index in [1.165, 1.54) is 42.6 Å². The second kappa shape index (κ2) is 14.5. The Balaban J connectivity index is 0.00000561. The first kappa shape index (κ1) is 40.5. The number of thioether (sulfide) groups is 1. The van der Waals surface area contributed by atoms with Crippen molar-refractivity contribution >= 4 is 75.6 Å².